The fourth-order valence-electron chi connectivity index (χ4n) is 2.98. The Kier molecular flexibility index (Phi) is 2.67. The Morgan fingerprint density at radius 2 is 1.36 bits per heavy atom. The summed E-state index contributed by atoms with van der Waals surface area (Å²) < 4.78 is 5.39. The zero-order valence-corrected chi connectivity index (χ0v) is 12.2. The van der Waals surface area contributed by atoms with E-state index in [1.54, 1.807) is 6.92 Å². The molecule has 106 valence electrons. The monoisotopic (exact) mass is 286 g/mol. The number of esters is 1. The van der Waals surface area contributed by atoms with Crippen LogP contribution in [0.25, 0.3) is 32.3 Å². The summed E-state index contributed by atoms with van der Waals surface area (Å²) in [4.78, 5) is 11.7. The third kappa shape index (κ3) is 1.85. The minimum absolute atomic E-state index is 0.394. The van der Waals surface area contributed by atoms with Crippen LogP contribution in [0.15, 0.2) is 66.7 Å². The van der Waals surface area contributed by atoms with Gasteiger partial charge in [0.2, 0.25) is 0 Å². The molecule has 0 aromatic heterocycles. The molecule has 0 atom stereocenters. The molecule has 0 bridgehead atoms. The maximum Gasteiger partial charge on any atom is 0.338 e. The SMILES string of the molecule is C=C(C)C(=O)Oc1cc2ccc3cccc4ccc(c1)c2c34. The first-order valence-electron chi connectivity index (χ1n) is 7.19. The lowest BCUT2D eigenvalue weighted by molar-refractivity contribution is -0.130. The summed E-state index contributed by atoms with van der Waals surface area (Å²) in [6.45, 7) is 5.26. The maximum absolute atomic E-state index is 11.7. The molecule has 2 nitrogen and oxygen atoms in total. The minimum Gasteiger partial charge on any atom is -0.423 e. The number of rotatable bonds is 2. The first-order valence-corrected chi connectivity index (χ1v) is 7.19. The molecule has 0 saturated heterocycles. The van der Waals surface area contributed by atoms with E-state index in [1.165, 1.54) is 21.5 Å². The zero-order chi connectivity index (χ0) is 15.3. The summed E-state index contributed by atoms with van der Waals surface area (Å²) in [5, 5.41) is 7.07. The van der Waals surface area contributed by atoms with Crippen molar-refractivity contribution in [3.8, 4) is 5.75 Å². The van der Waals surface area contributed by atoms with E-state index in [0.717, 1.165) is 10.8 Å². The van der Waals surface area contributed by atoms with Gasteiger partial charge in [0.1, 0.15) is 5.75 Å². The quantitative estimate of drug-likeness (QED) is 0.223. The van der Waals surface area contributed by atoms with Gasteiger partial charge in [-0.15, -0.1) is 0 Å². The molecule has 0 aliphatic rings. The first-order chi connectivity index (χ1) is 10.6. The molecule has 2 heteroatoms. The Morgan fingerprint density at radius 3 is 1.91 bits per heavy atom. The minimum atomic E-state index is -0.396. The van der Waals surface area contributed by atoms with Crippen LogP contribution < -0.4 is 4.74 Å². The molecule has 0 N–H and O–H groups in total. The summed E-state index contributed by atoms with van der Waals surface area (Å²) in [5.41, 5.74) is 0.394. The van der Waals surface area contributed by atoms with Gasteiger partial charge in [0.25, 0.3) is 0 Å². The summed E-state index contributed by atoms with van der Waals surface area (Å²) in [6, 6.07) is 18.5. The lowest BCUT2D eigenvalue weighted by Gasteiger charge is -2.12. The zero-order valence-electron chi connectivity index (χ0n) is 12.2. The topological polar surface area (TPSA) is 26.3 Å². The Bertz CT molecular complexity index is 980. The van der Waals surface area contributed by atoms with Gasteiger partial charge in [0.15, 0.2) is 0 Å². The Labute approximate surface area is 128 Å². The van der Waals surface area contributed by atoms with E-state index in [-0.39, 0.29) is 0 Å². The smallest absolute Gasteiger partial charge is 0.338 e. The third-order valence-electron chi connectivity index (χ3n) is 4.00. The van der Waals surface area contributed by atoms with Crippen molar-refractivity contribution in [3.63, 3.8) is 0 Å². The molecule has 0 aliphatic carbocycles. The Hall–Kier alpha value is -2.87. The van der Waals surface area contributed by atoms with Gasteiger partial charge >= 0.3 is 5.97 Å². The van der Waals surface area contributed by atoms with Gasteiger partial charge in [-0.1, -0.05) is 49.0 Å². The number of benzene rings is 4. The molecule has 0 unspecified atom stereocenters. The average Bonchev–Trinajstić information content (AvgIpc) is 2.52. The van der Waals surface area contributed by atoms with Gasteiger partial charge in [-0.3, -0.25) is 0 Å². The number of hydrogen-bond acceptors (Lipinski definition) is 2. The van der Waals surface area contributed by atoms with Crippen LogP contribution in [0.4, 0.5) is 0 Å². The van der Waals surface area contributed by atoms with E-state index in [4.69, 9.17) is 4.74 Å². The molecule has 0 heterocycles. The molecule has 22 heavy (non-hydrogen) atoms. The van der Waals surface area contributed by atoms with Crippen molar-refractivity contribution in [2.75, 3.05) is 0 Å². The second kappa shape index (κ2) is 4.57. The molecular weight excluding hydrogens is 272 g/mol. The summed E-state index contributed by atoms with van der Waals surface area (Å²) in [5.74, 6) is 0.159. The maximum atomic E-state index is 11.7. The second-order valence-corrected chi connectivity index (χ2v) is 5.62. The molecule has 4 aromatic carbocycles. The van der Waals surface area contributed by atoms with E-state index >= 15 is 0 Å². The first kappa shape index (κ1) is 12.8. The van der Waals surface area contributed by atoms with E-state index in [1.807, 2.05) is 12.1 Å². The van der Waals surface area contributed by atoms with Crippen molar-refractivity contribution in [1.82, 2.24) is 0 Å². The molecule has 0 radical (unpaired) electrons. The van der Waals surface area contributed by atoms with E-state index in [2.05, 4.69) is 49.0 Å². The largest absolute Gasteiger partial charge is 0.423 e. The average molecular weight is 286 g/mol. The van der Waals surface area contributed by atoms with Gasteiger partial charge in [-0.05, 0) is 51.4 Å². The van der Waals surface area contributed by atoms with Crippen molar-refractivity contribution in [1.29, 1.82) is 0 Å². The van der Waals surface area contributed by atoms with Gasteiger partial charge in [-0.2, -0.15) is 0 Å². The van der Waals surface area contributed by atoms with Crippen LogP contribution in [-0.2, 0) is 4.79 Å². The Balaban J connectivity index is 2.01. The number of carbonyl (C=O) groups is 1. The van der Waals surface area contributed by atoms with Crippen molar-refractivity contribution >= 4 is 38.3 Å². The molecular formula is C20H14O2. The highest BCUT2D eigenvalue weighted by atomic mass is 16.5. The number of hydrogen-bond donors (Lipinski definition) is 0. The van der Waals surface area contributed by atoms with Crippen molar-refractivity contribution in [2.24, 2.45) is 0 Å². The van der Waals surface area contributed by atoms with Crippen LogP contribution in [0.1, 0.15) is 6.92 Å². The van der Waals surface area contributed by atoms with Crippen LogP contribution in [0.3, 0.4) is 0 Å². The van der Waals surface area contributed by atoms with Crippen molar-refractivity contribution in [3.05, 3.63) is 66.7 Å². The van der Waals surface area contributed by atoms with Crippen LogP contribution in [0.2, 0.25) is 0 Å². The number of carbonyl (C=O) groups excluding carboxylic acids is 1. The van der Waals surface area contributed by atoms with Gasteiger partial charge < -0.3 is 4.74 Å². The predicted molar refractivity (Wildman–Crippen MR) is 90.6 cm³/mol. The van der Waals surface area contributed by atoms with Crippen molar-refractivity contribution < 1.29 is 9.53 Å². The molecule has 0 spiro atoms. The molecule has 0 fully saturated rings. The van der Waals surface area contributed by atoms with Crippen LogP contribution in [0, 0.1) is 0 Å². The van der Waals surface area contributed by atoms with E-state index in [0.29, 0.717) is 11.3 Å². The predicted octanol–water partition coefficient (Wildman–Crippen LogP) is 5.07. The highest BCUT2D eigenvalue weighted by Gasteiger charge is 2.11. The normalized spacial score (nSPS) is 11.3. The highest BCUT2D eigenvalue weighted by Crippen LogP contribution is 2.36. The standard InChI is InChI=1S/C20H14O2/c1-12(2)20(21)22-17-10-15-8-6-13-4-3-5-14-7-9-16(11-17)19(15)18(13)14/h3-11H,1H2,2H3. The summed E-state index contributed by atoms with van der Waals surface area (Å²) in [7, 11) is 0. The van der Waals surface area contributed by atoms with E-state index in [9.17, 15) is 4.79 Å². The van der Waals surface area contributed by atoms with Gasteiger partial charge in [0, 0.05) is 5.57 Å². The molecule has 4 aromatic rings. The number of ether oxygens (including phenoxy) is 1. The highest BCUT2D eigenvalue weighted by molar-refractivity contribution is 6.23. The lowest BCUT2D eigenvalue weighted by atomic mass is 9.94. The van der Waals surface area contributed by atoms with Crippen LogP contribution in [-0.4, -0.2) is 5.97 Å². The lowest BCUT2D eigenvalue weighted by Crippen LogP contribution is -2.08. The van der Waals surface area contributed by atoms with Crippen LogP contribution >= 0.6 is 0 Å². The Morgan fingerprint density at radius 1 is 0.864 bits per heavy atom. The van der Waals surface area contributed by atoms with Gasteiger partial charge in [-0.25, -0.2) is 4.79 Å². The van der Waals surface area contributed by atoms with Crippen molar-refractivity contribution in [2.45, 2.75) is 6.92 Å². The van der Waals surface area contributed by atoms with E-state index < -0.39 is 5.97 Å². The fraction of sp³-hybridized carbons (Fsp3) is 0.0500. The molecule has 4 rings (SSSR count). The van der Waals surface area contributed by atoms with Gasteiger partial charge in [0.05, 0.1) is 0 Å². The van der Waals surface area contributed by atoms with Crippen LogP contribution in [0.5, 0.6) is 5.75 Å². The summed E-state index contributed by atoms with van der Waals surface area (Å²) >= 11 is 0. The third-order valence-corrected chi connectivity index (χ3v) is 4.00. The molecule has 0 amide bonds. The molecule has 0 saturated carbocycles. The molecule has 0 aliphatic heterocycles. The fourth-order valence-corrected chi connectivity index (χ4v) is 2.98. The second-order valence-electron chi connectivity index (χ2n) is 5.62. The summed E-state index contributed by atoms with van der Waals surface area (Å²) in [6.07, 6.45) is 0.